The van der Waals surface area contributed by atoms with Crippen molar-refractivity contribution in [1.82, 2.24) is 4.90 Å². The predicted molar refractivity (Wildman–Crippen MR) is 113 cm³/mol. The summed E-state index contributed by atoms with van der Waals surface area (Å²) in [6.07, 6.45) is 1.56. The van der Waals surface area contributed by atoms with Crippen molar-refractivity contribution in [2.24, 2.45) is 0 Å². The topological polar surface area (TPSA) is 76.4 Å². The molecule has 5 nitrogen and oxygen atoms in total. The number of benzene rings is 3. The minimum Gasteiger partial charge on any atom is -0.506 e. The third-order valence-electron chi connectivity index (χ3n) is 4.29. The third-order valence-corrected chi connectivity index (χ3v) is 4.29. The zero-order valence-corrected chi connectivity index (χ0v) is 15.8. The Morgan fingerprint density at radius 2 is 1.41 bits per heavy atom. The van der Waals surface area contributed by atoms with Crippen LogP contribution in [0.25, 0.3) is 0 Å². The number of phenols is 1. The van der Waals surface area contributed by atoms with E-state index in [0.29, 0.717) is 13.1 Å². The molecule has 0 saturated carbocycles. The number of nitrogens with one attached hydrogen (secondary N) is 1. The first-order chi connectivity index (χ1) is 14.2. The van der Waals surface area contributed by atoms with Crippen LogP contribution in [-0.2, 0) is 17.9 Å². The standard InChI is InChI=1S/C24H21N3O2/c25-15-21(24(29)26-22-13-7-8-14-23(22)28)18-27(16-19-9-3-1-4-10-19)17-20-11-5-2-6-12-20/h1-14,18,28H,16-17H2,(H,26,29)/b21-18-. The van der Waals surface area contributed by atoms with Gasteiger partial charge in [-0.15, -0.1) is 0 Å². The van der Waals surface area contributed by atoms with Crippen molar-refractivity contribution in [2.75, 3.05) is 5.32 Å². The second-order valence-corrected chi connectivity index (χ2v) is 6.50. The van der Waals surface area contributed by atoms with Crippen LogP contribution in [0.2, 0.25) is 0 Å². The number of para-hydroxylation sites is 2. The summed E-state index contributed by atoms with van der Waals surface area (Å²) in [7, 11) is 0. The van der Waals surface area contributed by atoms with Crippen LogP contribution in [0.1, 0.15) is 11.1 Å². The molecule has 0 aromatic heterocycles. The zero-order valence-electron chi connectivity index (χ0n) is 15.8. The van der Waals surface area contributed by atoms with Gasteiger partial charge in [-0.25, -0.2) is 0 Å². The van der Waals surface area contributed by atoms with Gasteiger partial charge < -0.3 is 15.3 Å². The number of carbonyl (C=O) groups is 1. The Morgan fingerprint density at radius 3 is 1.93 bits per heavy atom. The predicted octanol–water partition coefficient (Wildman–Crippen LogP) is 4.44. The summed E-state index contributed by atoms with van der Waals surface area (Å²) in [6.45, 7) is 1.09. The van der Waals surface area contributed by atoms with E-state index in [2.05, 4.69) is 5.32 Å². The van der Waals surface area contributed by atoms with Crippen molar-refractivity contribution in [1.29, 1.82) is 5.26 Å². The molecule has 1 amide bonds. The largest absolute Gasteiger partial charge is 0.506 e. The molecule has 29 heavy (non-hydrogen) atoms. The molecule has 0 heterocycles. The maximum Gasteiger partial charge on any atom is 0.267 e. The van der Waals surface area contributed by atoms with E-state index >= 15 is 0 Å². The molecule has 3 aromatic carbocycles. The van der Waals surface area contributed by atoms with Gasteiger partial charge in [0.1, 0.15) is 17.4 Å². The summed E-state index contributed by atoms with van der Waals surface area (Å²) in [5.41, 5.74) is 2.35. The van der Waals surface area contributed by atoms with E-state index in [1.54, 1.807) is 24.4 Å². The van der Waals surface area contributed by atoms with E-state index in [1.807, 2.05) is 71.6 Å². The van der Waals surface area contributed by atoms with Gasteiger partial charge >= 0.3 is 0 Å². The van der Waals surface area contributed by atoms with Gasteiger partial charge in [-0.2, -0.15) is 5.26 Å². The summed E-state index contributed by atoms with van der Waals surface area (Å²) < 4.78 is 0. The highest BCUT2D eigenvalue weighted by molar-refractivity contribution is 6.07. The molecular formula is C24H21N3O2. The number of nitrogens with zero attached hydrogens (tertiary/aromatic N) is 2. The summed E-state index contributed by atoms with van der Waals surface area (Å²) in [5.74, 6) is -0.622. The van der Waals surface area contributed by atoms with Crippen LogP contribution in [-0.4, -0.2) is 15.9 Å². The van der Waals surface area contributed by atoms with Crippen LogP contribution in [0.15, 0.2) is 96.7 Å². The molecule has 0 aliphatic heterocycles. The number of amides is 1. The maximum absolute atomic E-state index is 12.6. The lowest BCUT2D eigenvalue weighted by Crippen LogP contribution is -2.21. The molecule has 3 aromatic rings. The average molecular weight is 383 g/mol. The molecule has 0 aliphatic rings. The minimum atomic E-state index is -0.569. The molecule has 2 N–H and O–H groups in total. The zero-order chi connectivity index (χ0) is 20.5. The number of hydrogen-bond donors (Lipinski definition) is 2. The maximum atomic E-state index is 12.6. The van der Waals surface area contributed by atoms with E-state index in [0.717, 1.165) is 11.1 Å². The lowest BCUT2D eigenvalue weighted by atomic mass is 10.1. The number of nitriles is 1. The Bertz CT molecular complexity index is 983. The first-order valence-corrected chi connectivity index (χ1v) is 9.19. The summed E-state index contributed by atoms with van der Waals surface area (Å²) in [5, 5.41) is 22.0. The molecule has 5 heteroatoms. The van der Waals surface area contributed by atoms with E-state index in [-0.39, 0.29) is 17.0 Å². The van der Waals surface area contributed by atoms with Crippen LogP contribution in [0.5, 0.6) is 5.75 Å². The van der Waals surface area contributed by atoms with Crippen LogP contribution in [0, 0.1) is 11.3 Å². The average Bonchev–Trinajstić information content (AvgIpc) is 2.75. The van der Waals surface area contributed by atoms with Gasteiger partial charge in [-0.3, -0.25) is 4.79 Å². The van der Waals surface area contributed by atoms with Crippen molar-refractivity contribution < 1.29 is 9.90 Å². The number of phenolic OH excluding ortho intramolecular Hbond substituents is 1. The van der Waals surface area contributed by atoms with Crippen molar-refractivity contribution in [3.8, 4) is 11.8 Å². The molecule has 0 spiro atoms. The van der Waals surface area contributed by atoms with Crippen molar-refractivity contribution in [3.63, 3.8) is 0 Å². The monoisotopic (exact) mass is 383 g/mol. The van der Waals surface area contributed by atoms with Gasteiger partial charge in [0.05, 0.1) is 5.69 Å². The number of carbonyl (C=O) groups excluding carboxylic acids is 1. The molecule has 144 valence electrons. The van der Waals surface area contributed by atoms with Gasteiger partial charge in [-0.1, -0.05) is 72.8 Å². The molecule has 0 aliphatic carbocycles. The summed E-state index contributed by atoms with van der Waals surface area (Å²) >= 11 is 0. The fourth-order valence-corrected chi connectivity index (χ4v) is 2.87. The minimum absolute atomic E-state index is 0.0416. The van der Waals surface area contributed by atoms with Gasteiger partial charge in [0.15, 0.2) is 0 Å². The molecular weight excluding hydrogens is 362 g/mol. The Morgan fingerprint density at radius 1 is 0.897 bits per heavy atom. The first kappa shape index (κ1) is 19.7. The van der Waals surface area contributed by atoms with Crippen LogP contribution in [0.3, 0.4) is 0 Å². The first-order valence-electron chi connectivity index (χ1n) is 9.19. The Kier molecular flexibility index (Phi) is 6.64. The number of rotatable bonds is 7. The van der Waals surface area contributed by atoms with Gasteiger partial charge in [0.2, 0.25) is 0 Å². The number of anilines is 1. The van der Waals surface area contributed by atoms with Crippen molar-refractivity contribution >= 4 is 11.6 Å². The molecule has 0 radical (unpaired) electrons. The number of hydrogen-bond acceptors (Lipinski definition) is 4. The fourth-order valence-electron chi connectivity index (χ4n) is 2.87. The molecule has 0 bridgehead atoms. The van der Waals surface area contributed by atoms with E-state index in [1.165, 1.54) is 6.07 Å². The van der Waals surface area contributed by atoms with Crippen LogP contribution < -0.4 is 5.32 Å². The lowest BCUT2D eigenvalue weighted by molar-refractivity contribution is -0.112. The molecule has 0 saturated heterocycles. The SMILES string of the molecule is N#C/C(=C/N(Cc1ccccc1)Cc1ccccc1)C(=O)Nc1ccccc1O. The Labute approximate surface area is 170 Å². The third kappa shape index (κ3) is 5.72. The fraction of sp³-hybridized carbons (Fsp3) is 0.0833. The highest BCUT2D eigenvalue weighted by Crippen LogP contribution is 2.22. The molecule has 3 rings (SSSR count). The quantitative estimate of drug-likeness (QED) is 0.359. The van der Waals surface area contributed by atoms with E-state index in [9.17, 15) is 15.2 Å². The second kappa shape index (κ2) is 9.77. The van der Waals surface area contributed by atoms with Crippen LogP contribution >= 0.6 is 0 Å². The number of aromatic hydroxyl groups is 1. The summed E-state index contributed by atoms with van der Waals surface area (Å²) in [6, 6.07) is 28.1. The lowest BCUT2D eigenvalue weighted by Gasteiger charge is -2.21. The van der Waals surface area contributed by atoms with Crippen LogP contribution in [0.4, 0.5) is 5.69 Å². The highest BCUT2D eigenvalue weighted by atomic mass is 16.3. The smallest absolute Gasteiger partial charge is 0.267 e. The molecule has 0 atom stereocenters. The van der Waals surface area contributed by atoms with Crippen molar-refractivity contribution in [2.45, 2.75) is 13.1 Å². The van der Waals surface area contributed by atoms with E-state index in [4.69, 9.17) is 0 Å². The normalized spacial score (nSPS) is 10.8. The molecule has 0 fully saturated rings. The summed E-state index contributed by atoms with van der Waals surface area (Å²) in [4.78, 5) is 14.5. The van der Waals surface area contributed by atoms with Gasteiger partial charge in [0.25, 0.3) is 5.91 Å². The second-order valence-electron chi connectivity index (χ2n) is 6.50. The van der Waals surface area contributed by atoms with E-state index < -0.39 is 5.91 Å². The Balaban J connectivity index is 1.84. The van der Waals surface area contributed by atoms with Crippen molar-refractivity contribution in [3.05, 3.63) is 108 Å². The molecule has 0 unspecified atom stereocenters. The highest BCUT2D eigenvalue weighted by Gasteiger charge is 2.14. The Hall–Kier alpha value is -4.04. The van der Waals surface area contributed by atoms with Gasteiger partial charge in [-0.05, 0) is 23.3 Å². The van der Waals surface area contributed by atoms with Gasteiger partial charge in [0, 0.05) is 19.3 Å².